The first-order valence-electron chi connectivity index (χ1n) is 4.25. The number of benzene rings is 1. The number of nitrogens with zero attached hydrogens (tertiary/aromatic N) is 3. The highest BCUT2D eigenvalue weighted by atomic mass is 15.4. The second-order valence-electron chi connectivity index (χ2n) is 3.02. The van der Waals surface area contributed by atoms with Gasteiger partial charge in [-0.1, -0.05) is 18.2 Å². The fraction of sp³-hybridized carbons (Fsp3) is 0.111. The molecule has 14 heavy (non-hydrogen) atoms. The molecule has 2 aromatic rings. The maximum absolute atomic E-state index is 5.82. The van der Waals surface area contributed by atoms with E-state index in [1.54, 1.807) is 16.3 Å². The highest BCUT2D eigenvalue weighted by Gasteiger charge is 2.16. The monoisotopic (exact) mass is 190 g/mol. The Hall–Kier alpha value is -2.04. The molecule has 0 amide bonds. The maximum atomic E-state index is 5.82. The minimum absolute atomic E-state index is 0.395. The predicted molar refractivity (Wildman–Crippen MR) is 53.6 cm³/mol. The van der Waals surface area contributed by atoms with E-state index in [1.807, 2.05) is 30.3 Å². The van der Waals surface area contributed by atoms with Gasteiger partial charge in [-0.15, -0.1) is 4.68 Å². The Morgan fingerprint density at radius 3 is 2.36 bits per heavy atom. The molecule has 0 aliphatic heterocycles. The van der Waals surface area contributed by atoms with Crippen LogP contribution in [0.5, 0.6) is 0 Å². The van der Waals surface area contributed by atoms with Gasteiger partial charge in [-0.3, -0.25) is 0 Å². The molecule has 0 aliphatic rings. The summed E-state index contributed by atoms with van der Waals surface area (Å²) in [6.45, 7) is 0. The van der Waals surface area contributed by atoms with E-state index >= 15 is 0 Å². The molecule has 0 unspecified atom stereocenters. The maximum Gasteiger partial charge on any atom is 0.346 e. The Labute approximate surface area is 81.6 Å². The molecule has 0 fully saturated rings. The molecule has 5 nitrogen and oxygen atoms in total. The fourth-order valence-corrected chi connectivity index (χ4v) is 1.24. The molecule has 1 heterocycles. The number of nitrogen functional groups attached to an aromatic ring is 2. The van der Waals surface area contributed by atoms with Crippen LogP contribution in [0.2, 0.25) is 0 Å². The second kappa shape index (κ2) is 3.02. The zero-order valence-corrected chi connectivity index (χ0v) is 7.88. The summed E-state index contributed by atoms with van der Waals surface area (Å²) < 4.78 is 3.24. The lowest BCUT2D eigenvalue weighted by Gasteiger charge is -1.95. The molecule has 1 aromatic heterocycles. The molecule has 4 N–H and O–H groups in total. The third-order valence-corrected chi connectivity index (χ3v) is 2.11. The average molecular weight is 190 g/mol. The van der Waals surface area contributed by atoms with Gasteiger partial charge in [0.15, 0.2) is 0 Å². The topological polar surface area (TPSA) is 73.7 Å². The number of nitrogens with two attached hydrogens (primary N) is 2. The summed E-state index contributed by atoms with van der Waals surface area (Å²) in [6, 6.07) is 9.62. The van der Waals surface area contributed by atoms with Crippen molar-refractivity contribution in [2.45, 2.75) is 0 Å². The van der Waals surface area contributed by atoms with Crippen LogP contribution in [0.3, 0.4) is 0 Å². The van der Waals surface area contributed by atoms with Gasteiger partial charge in [-0.2, -0.15) is 0 Å². The van der Waals surface area contributed by atoms with Gasteiger partial charge >= 0.3 is 11.9 Å². The normalized spacial score (nSPS) is 10.4. The van der Waals surface area contributed by atoms with Gasteiger partial charge < -0.3 is 11.5 Å². The number of hydrogen-bond acceptors (Lipinski definition) is 3. The van der Waals surface area contributed by atoms with Crippen molar-refractivity contribution in [3.05, 3.63) is 30.3 Å². The third kappa shape index (κ3) is 1.19. The van der Waals surface area contributed by atoms with Crippen molar-refractivity contribution >= 4 is 11.9 Å². The van der Waals surface area contributed by atoms with Crippen LogP contribution in [0, 0.1) is 0 Å². The summed E-state index contributed by atoms with van der Waals surface area (Å²) in [7, 11) is 1.77. The molecule has 0 radical (unpaired) electrons. The molecule has 0 bridgehead atoms. The first-order chi connectivity index (χ1) is 6.70. The summed E-state index contributed by atoms with van der Waals surface area (Å²) in [5.74, 6) is 0.903. The van der Waals surface area contributed by atoms with Crippen LogP contribution in [0.15, 0.2) is 30.3 Å². The van der Waals surface area contributed by atoms with E-state index in [0.717, 1.165) is 5.69 Å². The van der Waals surface area contributed by atoms with E-state index in [-0.39, 0.29) is 0 Å². The Balaban J connectivity index is 2.58. The molecular weight excluding hydrogens is 178 g/mol. The lowest BCUT2D eigenvalue weighted by Crippen LogP contribution is -2.33. The third-order valence-electron chi connectivity index (χ3n) is 2.11. The number of anilines is 2. The lowest BCUT2D eigenvalue weighted by atomic mass is 10.3. The molecule has 2 rings (SSSR count). The summed E-state index contributed by atoms with van der Waals surface area (Å²) >= 11 is 0. The van der Waals surface area contributed by atoms with Crippen molar-refractivity contribution in [2.24, 2.45) is 7.05 Å². The average Bonchev–Trinajstić information content (AvgIpc) is 2.47. The predicted octanol–water partition coefficient (Wildman–Crippen LogP) is -0.139. The van der Waals surface area contributed by atoms with Crippen LogP contribution >= 0.6 is 0 Å². The van der Waals surface area contributed by atoms with Crippen LogP contribution in [0.1, 0.15) is 0 Å². The summed E-state index contributed by atoms with van der Waals surface area (Å²) in [5.41, 5.74) is 12.3. The summed E-state index contributed by atoms with van der Waals surface area (Å²) in [4.78, 5) is 0. The van der Waals surface area contributed by atoms with Crippen LogP contribution < -0.4 is 16.0 Å². The highest BCUT2D eigenvalue weighted by Crippen LogP contribution is 2.09. The molecular formula is C9H12N5+. The molecule has 0 atom stereocenters. The van der Waals surface area contributed by atoms with Gasteiger partial charge in [0.1, 0.15) is 5.69 Å². The van der Waals surface area contributed by atoms with Crippen LogP contribution in [0.4, 0.5) is 11.9 Å². The van der Waals surface area contributed by atoms with E-state index in [9.17, 15) is 0 Å². The second-order valence-corrected chi connectivity index (χ2v) is 3.02. The van der Waals surface area contributed by atoms with Crippen molar-refractivity contribution in [3.63, 3.8) is 0 Å². The first kappa shape index (κ1) is 8.55. The Kier molecular flexibility index (Phi) is 1.85. The van der Waals surface area contributed by atoms with Crippen LogP contribution in [0.25, 0.3) is 5.69 Å². The molecule has 0 spiro atoms. The lowest BCUT2D eigenvalue weighted by molar-refractivity contribution is -0.642. The quantitative estimate of drug-likeness (QED) is 0.615. The molecule has 5 heteroatoms. The van der Waals surface area contributed by atoms with Crippen LogP contribution in [-0.2, 0) is 7.05 Å². The summed E-state index contributed by atoms with van der Waals surface area (Å²) in [6.07, 6.45) is 0. The molecule has 1 aromatic carbocycles. The van der Waals surface area contributed by atoms with Gasteiger partial charge in [0, 0.05) is 12.1 Å². The van der Waals surface area contributed by atoms with Crippen molar-refractivity contribution < 1.29 is 4.57 Å². The number of hydrogen-bond donors (Lipinski definition) is 2. The van der Waals surface area contributed by atoms with Gasteiger partial charge in [0.2, 0.25) is 0 Å². The standard InChI is InChI=1S/C9H11N5/c1-13-8(10)12-14(9(13)11)7-5-3-2-4-6-7/h2-6,11H,1H3,(H2,10,12)/p+1. The van der Waals surface area contributed by atoms with E-state index in [0.29, 0.717) is 11.9 Å². The SMILES string of the molecule is C[n+]1c(N)nn(-c2ccccc2)c1N. The van der Waals surface area contributed by atoms with Gasteiger partial charge in [-0.05, 0) is 12.1 Å². The number of rotatable bonds is 1. The highest BCUT2D eigenvalue weighted by molar-refractivity contribution is 5.36. The molecule has 0 aliphatic carbocycles. The Morgan fingerprint density at radius 1 is 1.21 bits per heavy atom. The minimum Gasteiger partial charge on any atom is -0.320 e. The molecule has 0 saturated carbocycles. The van der Waals surface area contributed by atoms with Gasteiger partial charge in [0.25, 0.3) is 0 Å². The zero-order valence-electron chi connectivity index (χ0n) is 7.88. The largest absolute Gasteiger partial charge is 0.346 e. The first-order valence-corrected chi connectivity index (χ1v) is 4.25. The molecule has 0 saturated heterocycles. The van der Waals surface area contributed by atoms with E-state index in [1.165, 1.54) is 0 Å². The smallest absolute Gasteiger partial charge is 0.320 e. The van der Waals surface area contributed by atoms with Crippen molar-refractivity contribution in [1.82, 2.24) is 9.78 Å². The van der Waals surface area contributed by atoms with Crippen LogP contribution in [-0.4, -0.2) is 9.78 Å². The van der Waals surface area contributed by atoms with Crippen molar-refractivity contribution in [2.75, 3.05) is 11.5 Å². The van der Waals surface area contributed by atoms with Gasteiger partial charge in [-0.25, -0.2) is 4.57 Å². The van der Waals surface area contributed by atoms with Crippen molar-refractivity contribution in [3.8, 4) is 5.69 Å². The zero-order chi connectivity index (χ0) is 10.1. The summed E-state index contributed by atoms with van der Waals surface area (Å²) in [5, 5.41) is 4.11. The van der Waals surface area contributed by atoms with E-state index in [4.69, 9.17) is 11.5 Å². The van der Waals surface area contributed by atoms with E-state index in [2.05, 4.69) is 5.10 Å². The number of para-hydroxylation sites is 1. The van der Waals surface area contributed by atoms with Crippen molar-refractivity contribution in [1.29, 1.82) is 0 Å². The minimum atomic E-state index is 0.395. The van der Waals surface area contributed by atoms with E-state index < -0.39 is 0 Å². The molecule has 72 valence electrons. The van der Waals surface area contributed by atoms with Gasteiger partial charge in [0.05, 0.1) is 0 Å². The Morgan fingerprint density at radius 2 is 1.86 bits per heavy atom. The fourth-order valence-electron chi connectivity index (χ4n) is 1.24. The Bertz CT molecular complexity index is 446. The number of aromatic nitrogens is 3.